The molecule has 0 saturated carbocycles. The Balaban J connectivity index is 1.55. The summed E-state index contributed by atoms with van der Waals surface area (Å²) in [5.74, 6) is 2.32. The van der Waals surface area contributed by atoms with Crippen LogP contribution in [0.1, 0.15) is 11.1 Å². The van der Waals surface area contributed by atoms with Crippen molar-refractivity contribution >= 4 is 11.8 Å². The minimum Gasteiger partial charge on any atom is -0.454 e. The summed E-state index contributed by atoms with van der Waals surface area (Å²) in [6, 6.07) is 9.41. The zero-order chi connectivity index (χ0) is 17.8. The number of carbonyl (C=O) groups excluding carboxylic acids is 1. The van der Waals surface area contributed by atoms with Gasteiger partial charge in [-0.3, -0.25) is 0 Å². The molecule has 0 bridgehead atoms. The van der Waals surface area contributed by atoms with E-state index in [-0.39, 0.29) is 12.8 Å². The number of nitrogens with zero attached hydrogens (tertiary/aromatic N) is 3. The Labute approximate surface area is 147 Å². The molecular formula is C18H22N4O3. The number of aromatic nitrogens is 1. The van der Waals surface area contributed by atoms with Crippen LogP contribution < -0.4 is 19.7 Å². The van der Waals surface area contributed by atoms with Crippen LogP contribution in [0, 0.1) is 0 Å². The van der Waals surface area contributed by atoms with E-state index in [0.717, 1.165) is 28.4 Å². The molecule has 7 heteroatoms. The lowest BCUT2D eigenvalue weighted by atomic mass is 10.2. The summed E-state index contributed by atoms with van der Waals surface area (Å²) in [5, 5.41) is 2.92. The van der Waals surface area contributed by atoms with Crippen molar-refractivity contribution in [3.8, 4) is 11.5 Å². The number of anilines is 1. The molecule has 25 heavy (non-hydrogen) atoms. The Bertz CT molecular complexity index is 764. The average molecular weight is 342 g/mol. The first-order chi connectivity index (χ1) is 12.0. The van der Waals surface area contributed by atoms with E-state index in [1.54, 1.807) is 18.1 Å². The number of ether oxygens (including phenoxy) is 2. The van der Waals surface area contributed by atoms with Gasteiger partial charge in [0.1, 0.15) is 5.82 Å². The second-order valence-electron chi connectivity index (χ2n) is 6.12. The highest BCUT2D eigenvalue weighted by Gasteiger charge is 2.15. The molecule has 1 aliphatic rings. The molecule has 0 unspecified atom stereocenters. The monoisotopic (exact) mass is 342 g/mol. The first kappa shape index (κ1) is 16.9. The van der Waals surface area contributed by atoms with Gasteiger partial charge in [0.25, 0.3) is 0 Å². The number of nitrogens with one attached hydrogen (secondary N) is 1. The SMILES string of the molecule is CN(Cc1ccc2c(c1)OCO2)C(=O)NCc1ccnc(N(C)C)c1. The van der Waals surface area contributed by atoms with Gasteiger partial charge in [0.15, 0.2) is 11.5 Å². The number of rotatable bonds is 5. The lowest BCUT2D eigenvalue weighted by molar-refractivity contribution is 0.174. The van der Waals surface area contributed by atoms with Gasteiger partial charge in [0.05, 0.1) is 0 Å². The molecule has 0 aliphatic carbocycles. The summed E-state index contributed by atoms with van der Waals surface area (Å²) < 4.78 is 10.7. The van der Waals surface area contributed by atoms with Gasteiger partial charge in [-0.1, -0.05) is 6.07 Å². The summed E-state index contributed by atoms with van der Waals surface area (Å²) in [6.07, 6.45) is 1.74. The van der Waals surface area contributed by atoms with E-state index in [1.165, 1.54) is 0 Å². The zero-order valence-electron chi connectivity index (χ0n) is 14.7. The van der Waals surface area contributed by atoms with Crippen LogP contribution >= 0.6 is 0 Å². The van der Waals surface area contributed by atoms with Crippen molar-refractivity contribution in [2.75, 3.05) is 32.8 Å². The van der Waals surface area contributed by atoms with Gasteiger partial charge >= 0.3 is 6.03 Å². The summed E-state index contributed by atoms with van der Waals surface area (Å²) >= 11 is 0. The molecule has 2 heterocycles. The molecule has 3 rings (SSSR count). The number of carbonyl (C=O) groups is 1. The van der Waals surface area contributed by atoms with Crippen LogP contribution in [-0.4, -0.2) is 43.9 Å². The normalized spacial score (nSPS) is 12.0. The van der Waals surface area contributed by atoms with E-state index in [4.69, 9.17) is 9.47 Å². The third-order valence-electron chi connectivity index (χ3n) is 3.92. The third kappa shape index (κ3) is 4.12. The van der Waals surface area contributed by atoms with E-state index in [9.17, 15) is 4.79 Å². The predicted octanol–water partition coefficient (Wildman–Crippen LogP) is 2.22. The summed E-state index contributed by atoms with van der Waals surface area (Å²) in [7, 11) is 5.63. The minimum atomic E-state index is -0.138. The number of urea groups is 1. The van der Waals surface area contributed by atoms with Gasteiger partial charge in [0.2, 0.25) is 6.79 Å². The fourth-order valence-corrected chi connectivity index (χ4v) is 2.51. The molecule has 2 aromatic rings. The van der Waals surface area contributed by atoms with Crippen LogP contribution in [0.25, 0.3) is 0 Å². The van der Waals surface area contributed by atoms with E-state index >= 15 is 0 Å². The Hall–Kier alpha value is -2.96. The van der Waals surface area contributed by atoms with Crippen LogP contribution in [0.2, 0.25) is 0 Å². The molecule has 1 N–H and O–H groups in total. The average Bonchev–Trinajstić information content (AvgIpc) is 3.07. The number of hydrogen-bond donors (Lipinski definition) is 1. The maximum atomic E-state index is 12.3. The Morgan fingerprint density at radius 2 is 1.92 bits per heavy atom. The number of amides is 2. The molecule has 0 fully saturated rings. The highest BCUT2D eigenvalue weighted by molar-refractivity contribution is 5.73. The molecule has 7 nitrogen and oxygen atoms in total. The molecule has 1 aliphatic heterocycles. The number of pyridine rings is 1. The smallest absolute Gasteiger partial charge is 0.317 e. The molecule has 0 saturated heterocycles. The first-order valence-electron chi connectivity index (χ1n) is 8.02. The van der Waals surface area contributed by atoms with E-state index in [2.05, 4.69) is 10.3 Å². The van der Waals surface area contributed by atoms with Gasteiger partial charge in [-0.25, -0.2) is 9.78 Å². The Morgan fingerprint density at radius 1 is 1.12 bits per heavy atom. The Kier molecular flexibility index (Phi) is 4.92. The summed E-state index contributed by atoms with van der Waals surface area (Å²) in [5.41, 5.74) is 1.99. The van der Waals surface area contributed by atoms with Crippen molar-refractivity contribution in [3.05, 3.63) is 47.7 Å². The molecule has 132 valence electrons. The van der Waals surface area contributed by atoms with Crippen molar-refractivity contribution in [1.82, 2.24) is 15.2 Å². The van der Waals surface area contributed by atoms with E-state index in [1.807, 2.05) is 49.3 Å². The number of fused-ring (bicyclic) bond motifs is 1. The molecule has 2 amide bonds. The maximum Gasteiger partial charge on any atom is 0.317 e. The molecule has 1 aromatic carbocycles. The second kappa shape index (κ2) is 7.29. The molecular weight excluding hydrogens is 320 g/mol. The standard InChI is InChI=1S/C18H22N4O3/c1-21(2)17-9-13(6-7-19-17)10-20-18(23)22(3)11-14-4-5-15-16(8-14)25-12-24-15/h4-9H,10-12H2,1-3H3,(H,20,23). The maximum absolute atomic E-state index is 12.3. The predicted molar refractivity (Wildman–Crippen MR) is 94.8 cm³/mol. The lowest BCUT2D eigenvalue weighted by Crippen LogP contribution is -2.36. The van der Waals surface area contributed by atoms with E-state index in [0.29, 0.717) is 13.1 Å². The topological polar surface area (TPSA) is 66.9 Å². The van der Waals surface area contributed by atoms with Crippen molar-refractivity contribution < 1.29 is 14.3 Å². The van der Waals surface area contributed by atoms with E-state index < -0.39 is 0 Å². The van der Waals surface area contributed by atoms with Crippen molar-refractivity contribution in [1.29, 1.82) is 0 Å². The molecule has 1 aromatic heterocycles. The number of hydrogen-bond acceptors (Lipinski definition) is 5. The van der Waals surface area contributed by atoms with Gasteiger partial charge < -0.3 is 24.6 Å². The van der Waals surface area contributed by atoms with Crippen LogP contribution in [0.3, 0.4) is 0 Å². The van der Waals surface area contributed by atoms with Crippen LogP contribution in [0.4, 0.5) is 10.6 Å². The Morgan fingerprint density at radius 3 is 2.72 bits per heavy atom. The van der Waals surface area contributed by atoms with Crippen LogP contribution in [0.5, 0.6) is 11.5 Å². The van der Waals surface area contributed by atoms with Crippen molar-refractivity contribution in [2.24, 2.45) is 0 Å². The lowest BCUT2D eigenvalue weighted by Gasteiger charge is -2.19. The van der Waals surface area contributed by atoms with Gasteiger partial charge in [0, 0.05) is 40.4 Å². The van der Waals surface area contributed by atoms with Crippen molar-refractivity contribution in [2.45, 2.75) is 13.1 Å². The number of benzene rings is 1. The van der Waals surface area contributed by atoms with Crippen molar-refractivity contribution in [3.63, 3.8) is 0 Å². The third-order valence-corrected chi connectivity index (χ3v) is 3.92. The summed E-state index contributed by atoms with van der Waals surface area (Å²) in [6.45, 7) is 1.19. The highest BCUT2D eigenvalue weighted by atomic mass is 16.7. The highest BCUT2D eigenvalue weighted by Crippen LogP contribution is 2.32. The fourth-order valence-electron chi connectivity index (χ4n) is 2.51. The van der Waals surface area contributed by atoms with Gasteiger partial charge in [-0.05, 0) is 35.4 Å². The summed E-state index contributed by atoms with van der Waals surface area (Å²) in [4.78, 5) is 20.1. The first-order valence-corrected chi connectivity index (χ1v) is 8.02. The van der Waals surface area contributed by atoms with Gasteiger partial charge in [-0.2, -0.15) is 0 Å². The zero-order valence-corrected chi connectivity index (χ0v) is 14.7. The quantitative estimate of drug-likeness (QED) is 0.902. The van der Waals surface area contributed by atoms with Crippen LogP contribution in [0.15, 0.2) is 36.5 Å². The van der Waals surface area contributed by atoms with Gasteiger partial charge in [-0.15, -0.1) is 0 Å². The fraction of sp³-hybridized carbons (Fsp3) is 0.333. The molecule has 0 radical (unpaired) electrons. The second-order valence-corrected chi connectivity index (χ2v) is 6.12. The molecule has 0 atom stereocenters. The minimum absolute atomic E-state index is 0.138. The van der Waals surface area contributed by atoms with Crippen LogP contribution in [-0.2, 0) is 13.1 Å². The largest absolute Gasteiger partial charge is 0.454 e. The molecule has 0 spiro atoms.